The summed E-state index contributed by atoms with van der Waals surface area (Å²) in [5, 5.41) is 10.7. The Bertz CT molecular complexity index is 498. The molecule has 0 bridgehead atoms. The molecule has 0 saturated carbocycles. The van der Waals surface area contributed by atoms with Gasteiger partial charge in [-0.05, 0) is 18.1 Å². The van der Waals surface area contributed by atoms with Crippen molar-refractivity contribution in [2.45, 2.75) is 13.0 Å². The van der Waals surface area contributed by atoms with Crippen molar-refractivity contribution in [1.29, 1.82) is 0 Å². The van der Waals surface area contributed by atoms with Crippen molar-refractivity contribution in [3.8, 4) is 0 Å². The minimum absolute atomic E-state index is 0.236. The van der Waals surface area contributed by atoms with Gasteiger partial charge in [0.05, 0.1) is 13.2 Å². The first-order valence-electron chi connectivity index (χ1n) is 5.70. The second-order valence-corrected chi connectivity index (χ2v) is 3.73. The lowest BCUT2D eigenvalue weighted by atomic mass is 10.1. The Morgan fingerprint density at radius 3 is 2.89 bits per heavy atom. The first kappa shape index (κ1) is 12.5. The maximum Gasteiger partial charge on any atom is 0.320 e. The molecule has 1 aromatic heterocycles. The van der Waals surface area contributed by atoms with Crippen LogP contribution in [0.1, 0.15) is 11.5 Å². The third-order valence-corrected chi connectivity index (χ3v) is 2.48. The molecule has 0 amide bonds. The van der Waals surface area contributed by atoms with Crippen LogP contribution in [0.15, 0.2) is 28.7 Å². The Kier molecular flexibility index (Phi) is 4.27. The fourth-order valence-electron chi connectivity index (χ4n) is 1.57. The van der Waals surface area contributed by atoms with Crippen LogP contribution in [0.5, 0.6) is 0 Å². The molecular formula is C12H16N4O2. The summed E-state index contributed by atoms with van der Waals surface area (Å²) in [6, 6.07) is 8.26. The molecule has 1 heterocycles. The van der Waals surface area contributed by atoms with E-state index >= 15 is 0 Å². The van der Waals surface area contributed by atoms with E-state index in [4.69, 9.17) is 14.9 Å². The van der Waals surface area contributed by atoms with Gasteiger partial charge in [-0.2, -0.15) is 0 Å². The summed E-state index contributed by atoms with van der Waals surface area (Å²) < 4.78 is 10.4. The Balaban J connectivity index is 2.12. The van der Waals surface area contributed by atoms with E-state index in [9.17, 15) is 0 Å². The molecule has 0 radical (unpaired) electrons. The first-order chi connectivity index (χ1) is 8.83. The lowest BCUT2D eigenvalue weighted by Crippen LogP contribution is -2.00. The van der Waals surface area contributed by atoms with Gasteiger partial charge in [0.15, 0.2) is 0 Å². The lowest BCUT2D eigenvalue weighted by molar-refractivity contribution is 0.202. The van der Waals surface area contributed by atoms with Crippen molar-refractivity contribution in [2.24, 2.45) is 5.73 Å². The van der Waals surface area contributed by atoms with Gasteiger partial charge in [0, 0.05) is 12.8 Å². The zero-order chi connectivity index (χ0) is 12.8. The minimum Gasteiger partial charge on any atom is -0.406 e. The second-order valence-electron chi connectivity index (χ2n) is 3.73. The van der Waals surface area contributed by atoms with Gasteiger partial charge in [0.1, 0.15) is 0 Å². The summed E-state index contributed by atoms with van der Waals surface area (Å²) in [4.78, 5) is 0. The van der Waals surface area contributed by atoms with Gasteiger partial charge in [-0.3, -0.25) is 0 Å². The number of benzene rings is 1. The summed E-state index contributed by atoms with van der Waals surface area (Å²) >= 11 is 0. The zero-order valence-corrected chi connectivity index (χ0v) is 10.2. The zero-order valence-electron chi connectivity index (χ0n) is 10.2. The number of methoxy groups -OCH3 is 1. The van der Waals surface area contributed by atoms with E-state index in [1.807, 2.05) is 24.3 Å². The maximum absolute atomic E-state index is 5.41. The highest BCUT2D eigenvalue weighted by atomic mass is 16.5. The van der Waals surface area contributed by atoms with E-state index < -0.39 is 0 Å². The molecule has 96 valence electrons. The molecule has 0 aliphatic carbocycles. The number of para-hydroxylation sites is 1. The van der Waals surface area contributed by atoms with E-state index in [0.717, 1.165) is 17.7 Å². The van der Waals surface area contributed by atoms with E-state index in [1.165, 1.54) is 0 Å². The fourth-order valence-corrected chi connectivity index (χ4v) is 1.57. The van der Waals surface area contributed by atoms with Crippen molar-refractivity contribution >= 4 is 11.7 Å². The number of hydrogen-bond acceptors (Lipinski definition) is 6. The number of nitrogens with zero attached hydrogens (tertiary/aromatic N) is 2. The largest absolute Gasteiger partial charge is 0.406 e. The maximum atomic E-state index is 5.41. The Morgan fingerprint density at radius 2 is 2.17 bits per heavy atom. The van der Waals surface area contributed by atoms with Gasteiger partial charge < -0.3 is 20.2 Å². The first-order valence-corrected chi connectivity index (χ1v) is 5.70. The topological polar surface area (TPSA) is 86.2 Å². The average molecular weight is 248 g/mol. The molecule has 0 saturated heterocycles. The van der Waals surface area contributed by atoms with Gasteiger partial charge in [-0.15, -0.1) is 5.10 Å². The van der Waals surface area contributed by atoms with Crippen molar-refractivity contribution in [2.75, 3.05) is 19.0 Å². The van der Waals surface area contributed by atoms with E-state index in [0.29, 0.717) is 18.5 Å². The number of hydrogen-bond donors (Lipinski definition) is 2. The van der Waals surface area contributed by atoms with Gasteiger partial charge in [-0.25, -0.2) is 0 Å². The summed E-state index contributed by atoms with van der Waals surface area (Å²) in [5.74, 6) is 0.409. The molecule has 0 fully saturated rings. The fraction of sp³-hybridized carbons (Fsp3) is 0.333. The highest BCUT2D eigenvalue weighted by Gasteiger charge is 2.07. The number of nitrogens with two attached hydrogens (primary N) is 1. The van der Waals surface area contributed by atoms with Gasteiger partial charge >= 0.3 is 6.01 Å². The van der Waals surface area contributed by atoms with Crippen molar-refractivity contribution in [3.05, 3.63) is 35.7 Å². The van der Waals surface area contributed by atoms with Gasteiger partial charge in [0.2, 0.25) is 5.89 Å². The number of ether oxygens (including phenoxy) is 1. The van der Waals surface area contributed by atoms with Crippen molar-refractivity contribution in [3.63, 3.8) is 0 Å². The van der Waals surface area contributed by atoms with Gasteiger partial charge in [0.25, 0.3) is 0 Å². The van der Waals surface area contributed by atoms with Crippen LogP contribution in [0.4, 0.5) is 11.7 Å². The molecule has 2 rings (SSSR count). The highest BCUT2D eigenvalue weighted by molar-refractivity contribution is 5.57. The minimum atomic E-state index is 0.236. The SMILES string of the molecule is COCCc1ccccc1Nc1nnc(CN)o1. The number of aromatic nitrogens is 2. The Labute approximate surface area is 105 Å². The van der Waals surface area contributed by atoms with E-state index in [2.05, 4.69) is 15.5 Å². The van der Waals surface area contributed by atoms with Crippen molar-refractivity contribution < 1.29 is 9.15 Å². The van der Waals surface area contributed by atoms with Crippen LogP contribution in [0, 0.1) is 0 Å². The van der Waals surface area contributed by atoms with Crippen molar-refractivity contribution in [1.82, 2.24) is 10.2 Å². The molecule has 1 aromatic carbocycles. The van der Waals surface area contributed by atoms with Crippen LogP contribution >= 0.6 is 0 Å². The number of nitrogens with one attached hydrogen (secondary N) is 1. The summed E-state index contributed by atoms with van der Waals surface area (Å²) in [6.45, 7) is 0.899. The predicted octanol–water partition coefficient (Wildman–Crippen LogP) is 1.46. The summed E-state index contributed by atoms with van der Waals surface area (Å²) in [6.07, 6.45) is 0.817. The highest BCUT2D eigenvalue weighted by Crippen LogP contribution is 2.20. The lowest BCUT2D eigenvalue weighted by Gasteiger charge is -2.08. The molecule has 18 heavy (non-hydrogen) atoms. The average Bonchev–Trinajstić information content (AvgIpc) is 2.85. The Morgan fingerprint density at radius 1 is 1.33 bits per heavy atom. The molecule has 0 unspecified atom stereocenters. The Hall–Kier alpha value is -1.92. The molecule has 0 aliphatic rings. The number of anilines is 2. The third-order valence-electron chi connectivity index (χ3n) is 2.48. The quantitative estimate of drug-likeness (QED) is 0.804. The van der Waals surface area contributed by atoms with Crippen LogP contribution < -0.4 is 11.1 Å². The van der Waals surface area contributed by atoms with E-state index in [-0.39, 0.29) is 6.54 Å². The van der Waals surface area contributed by atoms with Crippen LogP contribution in [0.2, 0.25) is 0 Å². The molecule has 3 N–H and O–H groups in total. The molecule has 6 nitrogen and oxygen atoms in total. The molecule has 0 spiro atoms. The van der Waals surface area contributed by atoms with Crippen LogP contribution in [0.3, 0.4) is 0 Å². The molecule has 2 aromatic rings. The molecule has 0 atom stereocenters. The molecule has 0 aliphatic heterocycles. The van der Waals surface area contributed by atoms with Crippen LogP contribution in [-0.2, 0) is 17.7 Å². The smallest absolute Gasteiger partial charge is 0.320 e. The van der Waals surface area contributed by atoms with Crippen LogP contribution in [-0.4, -0.2) is 23.9 Å². The molecular weight excluding hydrogens is 232 g/mol. The monoisotopic (exact) mass is 248 g/mol. The third kappa shape index (κ3) is 3.06. The van der Waals surface area contributed by atoms with E-state index in [1.54, 1.807) is 7.11 Å². The number of rotatable bonds is 6. The predicted molar refractivity (Wildman–Crippen MR) is 67.5 cm³/mol. The molecule has 6 heteroatoms. The second kappa shape index (κ2) is 6.13. The van der Waals surface area contributed by atoms with Crippen LogP contribution in [0.25, 0.3) is 0 Å². The normalized spacial score (nSPS) is 10.6. The van der Waals surface area contributed by atoms with Gasteiger partial charge in [-0.1, -0.05) is 23.3 Å². The standard InChI is InChI=1S/C12H16N4O2/c1-17-7-6-9-4-2-3-5-10(9)14-12-16-15-11(8-13)18-12/h2-5H,6-8,13H2,1H3,(H,14,16). The summed E-state index contributed by atoms with van der Waals surface area (Å²) in [7, 11) is 1.68. The summed E-state index contributed by atoms with van der Waals surface area (Å²) in [5.41, 5.74) is 7.48.